The third-order valence-electron chi connectivity index (χ3n) is 4.23. The maximum absolute atomic E-state index is 5.72. The highest BCUT2D eigenvalue weighted by molar-refractivity contribution is 5.45. The van der Waals surface area contributed by atoms with Crippen LogP contribution in [0.1, 0.15) is 25.0 Å². The Labute approximate surface area is 149 Å². The number of methoxy groups -OCH3 is 1. The van der Waals surface area contributed by atoms with Crippen molar-refractivity contribution in [3.8, 4) is 11.5 Å². The molecule has 1 aliphatic rings. The quantitative estimate of drug-likeness (QED) is 0.779. The molecule has 0 unspecified atom stereocenters. The lowest BCUT2D eigenvalue weighted by atomic mass is 10.1. The first-order chi connectivity index (χ1) is 12.2. The van der Waals surface area contributed by atoms with Crippen molar-refractivity contribution < 1.29 is 9.47 Å². The summed E-state index contributed by atoms with van der Waals surface area (Å²) in [6.45, 7) is 5.36. The van der Waals surface area contributed by atoms with E-state index in [0.717, 1.165) is 36.1 Å². The fourth-order valence-corrected chi connectivity index (χ4v) is 2.92. The molecule has 134 valence electrons. The summed E-state index contributed by atoms with van der Waals surface area (Å²) in [5, 5.41) is 3.26. The first-order valence-electron chi connectivity index (χ1n) is 8.86. The zero-order valence-corrected chi connectivity index (χ0v) is 15.0. The highest BCUT2D eigenvalue weighted by Gasteiger charge is 2.13. The third-order valence-corrected chi connectivity index (χ3v) is 4.23. The Balaban J connectivity index is 1.51. The molecular weight excluding hydrogens is 316 g/mol. The monoisotopic (exact) mass is 342 g/mol. The van der Waals surface area contributed by atoms with Crippen LogP contribution in [0.4, 0.5) is 11.8 Å². The van der Waals surface area contributed by atoms with Crippen molar-refractivity contribution in [2.45, 2.75) is 26.2 Å². The van der Waals surface area contributed by atoms with Crippen LogP contribution < -0.4 is 19.7 Å². The summed E-state index contributed by atoms with van der Waals surface area (Å²) in [6, 6.07) is 9.63. The Bertz CT molecular complexity index is 670. The standard InChI is InChI=1S/C19H26N4O2/c1-15-14-18(23-11-4-3-5-12-23)22-19(21-15)20-10-13-25-17-8-6-16(24-2)7-9-17/h6-9,14H,3-5,10-13H2,1-2H3,(H,20,21,22). The predicted octanol–water partition coefficient (Wildman–Crippen LogP) is 3.27. The van der Waals surface area contributed by atoms with Gasteiger partial charge in [0, 0.05) is 24.8 Å². The van der Waals surface area contributed by atoms with Crippen LogP contribution in [0.5, 0.6) is 11.5 Å². The zero-order chi connectivity index (χ0) is 17.5. The molecule has 6 heteroatoms. The number of nitrogens with one attached hydrogen (secondary N) is 1. The Morgan fingerprint density at radius 3 is 2.48 bits per heavy atom. The molecule has 2 heterocycles. The maximum Gasteiger partial charge on any atom is 0.224 e. The van der Waals surface area contributed by atoms with E-state index in [0.29, 0.717) is 19.1 Å². The van der Waals surface area contributed by atoms with E-state index in [-0.39, 0.29) is 0 Å². The van der Waals surface area contributed by atoms with Gasteiger partial charge in [-0.2, -0.15) is 4.98 Å². The summed E-state index contributed by atoms with van der Waals surface area (Å²) in [5.41, 5.74) is 0.981. The van der Waals surface area contributed by atoms with E-state index >= 15 is 0 Å². The molecule has 25 heavy (non-hydrogen) atoms. The van der Waals surface area contributed by atoms with Crippen molar-refractivity contribution in [1.82, 2.24) is 9.97 Å². The number of aryl methyl sites for hydroxylation is 1. The first kappa shape index (κ1) is 17.3. The van der Waals surface area contributed by atoms with Crippen LogP contribution in [0.2, 0.25) is 0 Å². The van der Waals surface area contributed by atoms with Gasteiger partial charge in [0.1, 0.15) is 23.9 Å². The van der Waals surface area contributed by atoms with Crippen molar-refractivity contribution in [2.75, 3.05) is 43.6 Å². The van der Waals surface area contributed by atoms with Crippen molar-refractivity contribution in [2.24, 2.45) is 0 Å². The number of piperidine rings is 1. The second kappa shape index (κ2) is 8.55. The normalized spacial score (nSPS) is 14.2. The molecule has 1 fully saturated rings. The van der Waals surface area contributed by atoms with Gasteiger partial charge in [-0.3, -0.25) is 0 Å². The van der Waals surface area contributed by atoms with E-state index in [4.69, 9.17) is 9.47 Å². The van der Waals surface area contributed by atoms with Crippen LogP contribution in [-0.4, -0.2) is 43.3 Å². The molecule has 0 bridgehead atoms. The minimum Gasteiger partial charge on any atom is -0.497 e. The molecule has 1 N–H and O–H groups in total. The van der Waals surface area contributed by atoms with E-state index in [1.54, 1.807) is 7.11 Å². The molecule has 0 amide bonds. The fraction of sp³-hybridized carbons (Fsp3) is 0.474. The number of nitrogens with zero attached hydrogens (tertiary/aromatic N) is 3. The molecule has 1 aliphatic heterocycles. The highest BCUT2D eigenvalue weighted by atomic mass is 16.5. The molecule has 1 aromatic heterocycles. The van der Waals surface area contributed by atoms with Gasteiger partial charge in [0.25, 0.3) is 0 Å². The van der Waals surface area contributed by atoms with Crippen LogP contribution in [0, 0.1) is 6.92 Å². The molecule has 3 rings (SSSR count). The fourth-order valence-electron chi connectivity index (χ4n) is 2.92. The van der Waals surface area contributed by atoms with Gasteiger partial charge in [0.05, 0.1) is 13.7 Å². The summed E-state index contributed by atoms with van der Waals surface area (Å²) in [4.78, 5) is 11.5. The van der Waals surface area contributed by atoms with Crippen LogP contribution in [0.3, 0.4) is 0 Å². The maximum atomic E-state index is 5.72. The summed E-state index contributed by atoms with van der Waals surface area (Å²) in [7, 11) is 1.65. The van der Waals surface area contributed by atoms with E-state index in [1.807, 2.05) is 31.2 Å². The third kappa shape index (κ3) is 4.98. The van der Waals surface area contributed by atoms with Crippen LogP contribution >= 0.6 is 0 Å². The minimum absolute atomic E-state index is 0.544. The average molecular weight is 342 g/mol. The largest absolute Gasteiger partial charge is 0.497 e. The van der Waals surface area contributed by atoms with Gasteiger partial charge in [-0.15, -0.1) is 0 Å². The van der Waals surface area contributed by atoms with Gasteiger partial charge < -0.3 is 19.7 Å². The lowest BCUT2D eigenvalue weighted by Crippen LogP contribution is -2.30. The van der Waals surface area contributed by atoms with Crippen molar-refractivity contribution in [3.63, 3.8) is 0 Å². The Morgan fingerprint density at radius 2 is 1.76 bits per heavy atom. The SMILES string of the molecule is COc1ccc(OCCNc2nc(C)cc(N3CCCCC3)n2)cc1. The van der Waals surface area contributed by atoms with Crippen LogP contribution in [-0.2, 0) is 0 Å². The number of rotatable bonds is 7. The summed E-state index contributed by atoms with van der Waals surface area (Å²) in [5.74, 6) is 3.33. The number of aromatic nitrogens is 2. The molecule has 0 aliphatic carbocycles. The molecule has 0 spiro atoms. The Morgan fingerprint density at radius 1 is 1.04 bits per heavy atom. The van der Waals surface area contributed by atoms with Crippen molar-refractivity contribution >= 4 is 11.8 Å². The van der Waals surface area contributed by atoms with Gasteiger partial charge in [0.15, 0.2) is 0 Å². The molecule has 0 radical (unpaired) electrons. The van der Waals surface area contributed by atoms with Crippen molar-refractivity contribution in [3.05, 3.63) is 36.0 Å². The van der Waals surface area contributed by atoms with Gasteiger partial charge in [0.2, 0.25) is 5.95 Å². The van der Waals surface area contributed by atoms with Crippen molar-refractivity contribution in [1.29, 1.82) is 0 Å². The number of benzene rings is 1. The second-order valence-electron chi connectivity index (χ2n) is 6.19. The van der Waals surface area contributed by atoms with E-state index in [1.165, 1.54) is 19.3 Å². The summed E-state index contributed by atoms with van der Waals surface area (Å²) < 4.78 is 10.9. The number of ether oxygens (including phenoxy) is 2. The highest BCUT2D eigenvalue weighted by Crippen LogP contribution is 2.20. The predicted molar refractivity (Wildman–Crippen MR) is 99.8 cm³/mol. The van der Waals surface area contributed by atoms with E-state index in [9.17, 15) is 0 Å². The first-order valence-corrected chi connectivity index (χ1v) is 8.86. The molecular formula is C19H26N4O2. The minimum atomic E-state index is 0.544. The molecule has 0 atom stereocenters. The Hall–Kier alpha value is -2.50. The van der Waals surface area contributed by atoms with Gasteiger partial charge in [-0.05, 0) is 50.5 Å². The lowest BCUT2D eigenvalue weighted by molar-refractivity contribution is 0.331. The lowest BCUT2D eigenvalue weighted by Gasteiger charge is -2.28. The van der Waals surface area contributed by atoms with E-state index in [2.05, 4.69) is 26.3 Å². The molecule has 1 aromatic carbocycles. The summed E-state index contributed by atoms with van der Waals surface area (Å²) in [6.07, 6.45) is 3.79. The van der Waals surface area contributed by atoms with E-state index < -0.39 is 0 Å². The molecule has 0 saturated carbocycles. The zero-order valence-electron chi connectivity index (χ0n) is 15.0. The van der Waals surface area contributed by atoms with Gasteiger partial charge in [-0.25, -0.2) is 4.98 Å². The van der Waals surface area contributed by atoms with Gasteiger partial charge >= 0.3 is 0 Å². The Kier molecular flexibility index (Phi) is 5.93. The number of hydrogen-bond acceptors (Lipinski definition) is 6. The summed E-state index contributed by atoms with van der Waals surface area (Å²) >= 11 is 0. The topological polar surface area (TPSA) is 59.5 Å². The number of hydrogen-bond donors (Lipinski definition) is 1. The molecule has 2 aromatic rings. The van der Waals surface area contributed by atoms with Gasteiger partial charge in [-0.1, -0.05) is 0 Å². The molecule has 1 saturated heterocycles. The van der Waals surface area contributed by atoms with Crippen LogP contribution in [0.15, 0.2) is 30.3 Å². The number of anilines is 2. The molecule has 6 nitrogen and oxygen atoms in total. The van der Waals surface area contributed by atoms with Crippen LogP contribution in [0.25, 0.3) is 0 Å². The smallest absolute Gasteiger partial charge is 0.224 e. The second-order valence-corrected chi connectivity index (χ2v) is 6.19. The average Bonchev–Trinajstić information content (AvgIpc) is 2.66.